The van der Waals surface area contributed by atoms with Gasteiger partial charge in [0.1, 0.15) is 0 Å². The molecule has 0 bridgehead atoms. The summed E-state index contributed by atoms with van der Waals surface area (Å²) in [5, 5.41) is 9.99. The van der Waals surface area contributed by atoms with E-state index in [4.69, 9.17) is 0 Å². The fraction of sp³-hybridized carbons (Fsp3) is 0.375. The topological polar surface area (TPSA) is 57.6 Å². The maximum Gasteiger partial charge on any atom is 0.296 e. The Hall–Kier alpha value is -2.10. The highest BCUT2D eigenvalue weighted by atomic mass is 16.3. The van der Waals surface area contributed by atoms with E-state index in [1.165, 1.54) is 0 Å². The molecule has 4 heteroatoms. The second-order valence-electron chi connectivity index (χ2n) is 5.64. The molecule has 1 N–H and O–H groups in total. The van der Waals surface area contributed by atoms with Crippen LogP contribution in [-0.2, 0) is 9.59 Å². The molecule has 0 saturated heterocycles. The minimum absolute atomic E-state index is 0.110. The van der Waals surface area contributed by atoms with Crippen LogP contribution in [0, 0.1) is 19.8 Å². The van der Waals surface area contributed by atoms with Crippen LogP contribution in [0.15, 0.2) is 24.0 Å². The lowest BCUT2D eigenvalue weighted by molar-refractivity contribution is -0.138. The summed E-state index contributed by atoms with van der Waals surface area (Å²) in [6.45, 7) is 8.07. The molecule has 0 fully saturated rings. The fourth-order valence-electron chi connectivity index (χ4n) is 2.25. The summed E-state index contributed by atoms with van der Waals surface area (Å²) in [6.07, 6.45) is 0. The van der Waals surface area contributed by atoms with Crippen LogP contribution < -0.4 is 0 Å². The molecule has 0 spiro atoms. The third-order valence-electron chi connectivity index (χ3n) is 3.49. The number of hydrogen-bond acceptors (Lipinski definition) is 3. The van der Waals surface area contributed by atoms with E-state index in [1.54, 1.807) is 6.07 Å². The van der Waals surface area contributed by atoms with Gasteiger partial charge in [-0.25, -0.2) is 0 Å². The maximum atomic E-state index is 12.3. The van der Waals surface area contributed by atoms with Gasteiger partial charge < -0.3 is 5.11 Å². The SMILES string of the molecule is Cc1ccc(C2=C(O)C(=O)N(CC(C)C)C2=O)cc1C. The zero-order chi connectivity index (χ0) is 15.0. The summed E-state index contributed by atoms with van der Waals surface area (Å²) < 4.78 is 0. The molecule has 0 atom stereocenters. The van der Waals surface area contributed by atoms with E-state index >= 15 is 0 Å². The number of carbonyl (C=O) groups excluding carboxylic acids is 2. The Balaban J connectivity index is 2.43. The predicted octanol–water partition coefficient (Wildman–Crippen LogP) is 2.60. The molecule has 1 aliphatic heterocycles. The number of nitrogens with zero attached hydrogens (tertiary/aromatic N) is 1. The Kier molecular flexibility index (Phi) is 3.66. The van der Waals surface area contributed by atoms with Gasteiger partial charge in [-0.05, 0) is 36.5 Å². The first kappa shape index (κ1) is 14.3. The van der Waals surface area contributed by atoms with Crippen LogP contribution in [0.2, 0.25) is 0 Å². The van der Waals surface area contributed by atoms with Crippen molar-refractivity contribution in [3.8, 4) is 0 Å². The van der Waals surface area contributed by atoms with Crippen molar-refractivity contribution in [3.63, 3.8) is 0 Å². The van der Waals surface area contributed by atoms with Crippen molar-refractivity contribution in [2.45, 2.75) is 27.7 Å². The first-order valence-electron chi connectivity index (χ1n) is 6.70. The number of amides is 2. The van der Waals surface area contributed by atoms with E-state index in [2.05, 4.69) is 0 Å². The van der Waals surface area contributed by atoms with Crippen molar-refractivity contribution < 1.29 is 14.7 Å². The van der Waals surface area contributed by atoms with Gasteiger partial charge >= 0.3 is 0 Å². The van der Waals surface area contributed by atoms with Crippen LogP contribution >= 0.6 is 0 Å². The highest BCUT2D eigenvalue weighted by molar-refractivity contribution is 6.34. The minimum atomic E-state index is -0.600. The fourth-order valence-corrected chi connectivity index (χ4v) is 2.25. The van der Waals surface area contributed by atoms with Crippen molar-refractivity contribution >= 4 is 17.4 Å². The van der Waals surface area contributed by atoms with Crippen LogP contribution in [0.1, 0.15) is 30.5 Å². The monoisotopic (exact) mass is 273 g/mol. The van der Waals surface area contributed by atoms with Gasteiger partial charge in [0, 0.05) is 6.54 Å². The molecule has 2 amide bonds. The van der Waals surface area contributed by atoms with Crippen molar-refractivity contribution in [1.82, 2.24) is 4.90 Å². The van der Waals surface area contributed by atoms with Crippen molar-refractivity contribution in [3.05, 3.63) is 40.6 Å². The molecule has 106 valence electrons. The van der Waals surface area contributed by atoms with Gasteiger partial charge in [-0.15, -0.1) is 0 Å². The second kappa shape index (κ2) is 5.12. The molecule has 20 heavy (non-hydrogen) atoms. The molecule has 0 aromatic heterocycles. The van der Waals surface area contributed by atoms with Crippen LogP contribution in [0.4, 0.5) is 0 Å². The molecule has 1 aromatic carbocycles. The summed E-state index contributed by atoms with van der Waals surface area (Å²) in [4.78, 5) is 25.4. The zero-order valence-electron chi connectivity index (χ0n) is 12.2. The normalized spacial score (nSPS) is 15.8. The lowest BCUT2D eigenvalue weighted by Crippen LogP contribution is -2.34. The van der Waals surface area contributed by atoms with Gasteiger partial charge in [0.2, 0.25) is 0 Å². The van der Waals surface area contributed by atoms with Crippen LogP contribution in [0.25, 0.3) is 5.57 Å². The average Bonchev–Trinajstić information content (AvgIpc) is 2.57. The van der Waals surface area contributed by atoms with Gasteiger partial charge in [0.05, 0.1) is 5.57 Å². The molecular weight excluding hydrogens is 254 g/mol. The quantitative estimate of drug-likeness (QED) is 0.861. The number of carbonyl (C=O) groups is 2. The Bertz CT molecular complexity index is 614. The first-order valence-corrected chi connectivity index (χ1v) is 6.70. The third-order valence-corrected chi connectivity index (χ3v) is 3.49. The maximum absolute atomic E-state index is 12.3. The van der Waals surface area contributed by atoms with E-state index in [0.717, 1.165) is 16.0 Å². The van der Waals surface area contributed by atoms with Crippen LogP contribution in [-0.4, -0.2) is 28.4 Å². The molecule has 0 unspecified atom stereocenters. The summed E-state index contributed by atoms with van der Waals surface area (Å²) in [6, 6.07) is 5.47. The number of rotatable bonds is 3. The molecule has 0 radical (unpaired) electrons. The standard InChI is InChI=1S/C16H19NO3/c1-9(2)8-17-15(19)13(14(18)16(17)20)12-6-5-10(3)11(4)7-12/h5-7,9,18H,8H2,1-4H3. The van der Waals surface area contributed by atoms with E-state index in [9.17, 15) is 14.7 Å². The number of aliphatic hydroxyl groups excluding tert-OH is 1. The Morgan fingerprint density at radius 1 is 1.10 bits per heavy atom. The smallest absolute Gasteiger partial charge is 0.296 e. The van der Waals surface area contributed by atoms with E-state index in [1.807, 2.05) is 39.8 Å². The highest BCUT2D eigenvalue weighted by Gasteiger charge is 2.39. The van der Waals surface area contributed by atoms with Crippen molar-refractivity contribution in [1.29, 1.82) is 0 Å². The van der Waals surface area contributed by atoms with Crippen molar-refractivity contribution in [2.24, 2.45) is 5.92 Å². The van der Waals surface area contributed by atoms with Gasteiger partial charge in [0.15, 0.2) is 5.76 Å². The summed E-state index contributed by atoms with van der Waals surface area (Å²) in [5.74, 6) is -1.30. The Morgan fingerprint density at radius 3 is 2.30 bits per heavy atom. The predicted molar refractivity (Wildman–Crippen MR) is 77.0 cm³/mol. The van der Waals surface area contributed by atoms with E-state index < -0.39 is 17.6 Å². The molecule has 1 aromatic rings. The molecule has 4 nitrogen and oxygen atoms in total. The van der Waals surface area contributed by atoms with Gasteiger partial charge in [-0.3, -0.25) is 14.5 Å². The number of aryl methyl sites for hydroxylation is 2. The highest BCUT2D eigenvalue weighted by Crippen LogP contribution is 2.29. The lowest BCUT2D eigenvalue weighted by atomic mass is 10.00. The molecule has 2 rings (SSSR count). The van der Waals surface area contributed by atoms with Gasteiger partial charge in [-0.2, -0.15) is 0 Å². The molecule has 1 aliphatic rings. The lowest BCUT2D eigenvalue weighted by Gasteiger charge is -2.16. The minimum Gasteiger partial charge on any atom is -0.502 e. The largest absolute Gasteiger partial charge is 0.502 e. The molecule has 1 heterocycles. The van der Waals surface area contributed by atoms with Gasteiger partial charge in [0.25, 0.3) is 11.8 Å². The van der Waals surface area contributed by atoms with Gasteiger partial charge in [-0.1, -0.05) is 32.0 Å². The number of hydrogen-bond donors (Lipinski definition) is 1. The summed E-state index contributed by atoms with van der Waals surface area (Å²) in [7, 11) is 0. The summed E-state index contributed by atoms with van der Waals surface area (Å²) >= 11 is 0. The van der Waals surface area contributed by atoms with Crippen molar-refractivity contribution in [2.75, 3.05) is 6.54 Å². The van der Waals surface area contributed by atoms with Crippen LogP contribution in [0.5, 0.6) is 0 Å². The zero-order valence-corrected chi connectivity index (χ0v) is 12.2. The average molecular weight is 273 g/mol. The molecule has 0 saturated carbocycles. The Morgan fingerprint density at radius 2 is 1.75 bits per heavy atom. The molecular formula is C16H19NO3. The first-order chi connectivity index (χ1) is 9.32. The van der Waals surface area contributed by atoms with Crippen LogP contribution in [0.3, 0.4) is 0 Å². The summed E-state index contributed by atoms with van der Waals surface area (Å²) in [5.41, 5.74) is 2.82. The number of aliphatic hydroxyl groups is 1. The number of imide groups is 1. The van der Waals surface area contributed by atoms with E-state index in [0.29, 0.717) is 12.1 Å². The molecule has 0 aliphatic carbocycles. The Labute approximate surface area is 118 Å². The number of benzene rings is 1. The second-order valence-corrected chi connectivity index (χ2v) is 5.64. The van der Waals surface area contributed by atoms with E-state index in [-0.39, 0.29) is 11.5 Å². The third kappa shape index (κ3) is 2.33.